The van der Waals surface area contributed by atoms with Gasteiger partial charge in [-0.1, -0.05) is 0 Å². The molecule has 0 aliphatic rings. The van der Waals surface area contributed by atoms with Gasteiger partial charge in [-0.25, -0.2) is 4.79 Å². The summed E-state index contributed by atoms with van der Waals surface area (Å²) in [5.41, 5.74) is -1.55. The van der Waals surface area contributed by atoms with E-state index in [1.807, 2.05) is 20.8 Å². The Morgan fingerprint density at radius 1 is 1.41 bits per heavy atom. The molecule has 2 atom stereocenters. The van der Waals surface area contributed by atoms with Crippen LogP contribution in [-0.4, -0.2) is 36.4 Å². The van der Waals surface area contributed by atoms with E-state index in [0.29, 0.717) is 12.2 Å². The third-order valence-electron chi connectivity index (χ3n) is 3.59. The Bertz CT molecular complexity index is 494. The summed E-state index contributed by atoms with van der Waals surface area (Å²) in [4.78, 5) is 11.9. The smallest absolute Gasteiger partial charge is 0.315 e. The molecular formula is C16H28N2O4. The Kier molecular flexibility index (Phi) is 6.02. The third-order valence-corrected chi connectivity index (χ3v) is 3.59. The molecule has 6 nitrogen and oxygen atoms in total. The van der Waals surface area contributed by atoms with Crippen molar-refractivity contribution >= 4 is 6.03 Å². The van der Waals surface area contributed by atoms with Crippen LogP contribution in [0.2, 0.25) is 0 Å². The summed E-state index contributed by atoms with van der Waals surface area (Å²) in [6.45, 7) is 9.31. The van der Waals surface area contributed by atoms with Crippen LogP contribution in [0.3, 0.4) is 0 Å². The molecule has 126 valence electrons. The van der Waals surface area contributed by atoms with E-state index in [1.54, 1.807) is 33.1 Å². The second kappa shape index (κ2) is 7.15. The highest BCUT2D eigenvalue weighted by Crippen LogP contribution is 2.22. The summed E-state index contributed by atoms with van der Waals surface area (Å²) in [7, 11) is 1.65. The number of rotatable bonds is 7. The van der Waals surface area contributed by atoms with Crippen LogP contribution in [-0.2, 0) is 10.3 Å². The molecular weight excluding hydrogens is 284 g/mol. The Labute approximate surface area is 132 Å². The first-order valence-electron chi connectivity index (χ1n) is 7.44. The van der Waals surface area contributed by atoms with E-state index < -0.39 is 5.60 Å². The van der Waals surface area contributed by atoms with Gasteiger partial charge in [-0.3, -0.25) is 0 Å². The van der Waals surface area contributed by atoms with Gasteiger partial charge in [0.05, 0.1) is 12.1 Å². The number of aryl methyl sites for hydroxylation is 1. The fraction of sp³-hybridized carbons (Fsp3) is 0.688. The van der Waals surface area contributed by atoms with Crippen LogP contribution in [0.25, 0.3) is 0 Å². The molecule has 1 rings (SSSR count). The number of urea groups is 1. The minimum Gasteiger partial charge on any atom is -0.463 e. The number of methoxy groups -OCH3 is 1. The van der Waals surface area contributed by atoms with Crippen LogP contribution >= 0.6 is 0 Å². The molecule has 3 N–H and O–H groups in total. The molecule has 2 unspecified atom stereocenters. The number of hydrogen-bond donors (Lipinski definition) is 3. The van der Waals surface area contributed by atoms with Gasteiger partial charge in [0.15, 0.2) is 0 Å². The van der Waals surface area contributed by atoms with E-state index in [2.05, 4.69) is 10.6 Å². The predicted molar refractivity (Wildman–Crippen MR) is 84.7 cm³/mol. The van der Waals surface area contributed by atoms with Crippen molar-refractivity contribution in [2.75, 3.05) is 13.7 Å². The number of amides is 2. The van der Waals surface area contributed by atoms with E-state index in [1.165, 1.54) is 0 Å². The topological polar surface area (TPSA) is 83.7 Å². The molecule has 0 spiro atoms. The van der Waals surface area contributed by atoms with Crippen LogP contribution < -0.4 is 10.6 Å². The molecule has 0 aromatic carbocycles. The lowest BCUT2D eigenvalue weighted by Gasteiger charge is -2.27. The SMILES string of the molecule is COC(C)(C)CC(C)NC(=O)NCC(C)(O)c1ccc(C)o1. The zero-order chi connectivity index (χ0) is 17.0. The first kappa shape index (κ1) is 18.5. The zero-order valence-electron chi connectivity index (χ0n) is 14.3. The standard InChI is InChI=1S/C16H28N2O4/c1-11(9-15(3,4)21-6)18-14(19)17-10-16(5,20)13-8-7-12(2)22-13/h7-8,11,20H,9-10H2,1-6H3,(H2,17,18,19). The summed E-state index contributed by atoms with van der Waals surface area (Å²) in [6, 6.07) is 3.10. The quantitative estimate of drug-likeness (QED) is 0.721. The lowest BCUT2D eigenvalue weighted by atomic mass is 10.00. The van der Waals surface area contributed by atoms with Gasteiger partial charge >= 0.3 is 6.03 Å². The van der Waals surface area contributed by atoms with Gasteiger partial charge in [-0.05, 0) is 53.2 Å². The minimum absolute atomic E-state index is 0.0502. The molecule has 1 aromatic heterocycles. The van der Waals surface area contributed by atoms with Gasteiger partial charge in [0.25, 0.3) is 0 Å². The van der Waals surface area contributed by atoms with Gasteiger partial charge in [-0.2, -0.15) is 0 Å². The summed E-state index contributed by atoms with van der Waals surface area (Å²) in [5, 5.41) is 15.8. The Morgan fingerprint density at radius 3 is 2.55 bits per heavy atom. The molecule has 0 saturated heterocycles. The maximum Gasteiger partial charge on any atom is 0.315 e. The average Bonchev–Trinajstić information content (AvgIpc) is 2.83. The Morgan fingerprint density at radius 2 is 2.05 bits per heavy atom. The van der Waals surface area contributed by atoms with Crippen LogP contribution in [0.5, 0.6) is 0 Å². The van der Waals surface area contributed by atoms with E-state index in [0.717, 1.165) is 5.76 Å². The number of nitrogens with one attached hydrogen (secondary N) is 2. The summed E-state index contributed by atoms with van der Waals surface area (Å²) in [6.07, 6.45) is 0.685. The fourth-order valence-electron chi connectivity index (χ4n) is 2.21. The van der Waals surface area contributed by atoms with Gasteiger partial charge in [-0.15, -0.1) is 0 Å². The van der Waals surface area contributed by atoms with Crippen molar-refractivity contribution in [2.24, 2.45) is 0 Å². The monoisotopic (exact) mass is 312 g/mol. The summed E-state index contributed by atoms with van der Waals surface area (Å²) < 4.78 is 10.7. The van der Waals surface area contributed by atoms with Gasteiger partial charge in [0, 0.05) is 13.2 Å². The Balaban J connectivity index is 2.45. The van der Waals surface area contributed by atoms with Gasteiger partial charge in [0.2, 0.25) is 0 Å². The van der Waals surface area contributed by atoms with Crippen LogP contribution in [0, 0.1) is 6.92 Å². The van der Waals surface area contributed by atoms with Gasteiger partial charge in [0.1, 0.15) is 17.1 Å². The molecule has 0 saturated carbocycles. The molecule has 2 amide bonds. The highest BCUT2D eigenvalue weighted by atomic mass is 16.5. The number of ether oxygens (including phenoxy) is 1. The molecule has 6 heteroatoms. The number of furan rings is 1. The molecule has 22 heavy (non-hydrogen) atoms. The number of hydrogen-bond acceptors (Lipinski definition) is 4. The number of aliphatic hydroxyl groups is 1. The van der Waals surface area contributed by atoms with Crippen molar-refractivity contribution < 1.29 is 19.1 Å². The summed E-state index contributed by atoms with van der Waals surface area (Å²) in [5.74, 6) is 1.15. The minimum atomic E-state index is -1.25. The molecule has 0 aliphatic heterocycles. The number of carbonyl (C=O) groups is 1. The van der Waals surface area contributed by atoms with Crippen LogP contribution in [0.4, 0.5) is 4.79 Å². The summed E-state index contributed by atoms with van der Waals surface area (Å²) >= 11 is 0. The third kappa shape index (κ3) is 5.69. The van der Waals surface area contributed by atoms with Crippen molar-refractivity contribution in [1.29, 1.82) is 0 Å². The lowest BCUT2D eigenvalue weighted by molar-refractivity contribution is 0.00918. The molecule has 0 aliphatic carbocycles. The normalized spacial score (nSPS) is 16.0. The largest absolute Gasteiger partial charge is 0.463 e. The van der Waals surface area contributed by atoms with Crippen molar-refractivity contribution in [3.63, 3.8) is 0 Å². The van der Waals surface area contributed by atoms with Gasteiger partial charge < -0.3 is 24.9 Å². The van der Waals surface area contributed by atoms with Crippen LogP contribution in [0.1, 0.15) is 45.6 Å². The van der Waals surface area contributed by atoms with Crippen molar-refractivity contribution in [1.82, 2.24) is 10.6 Å². The van der Waals surface area contributed by atoms with E-state index in [-0.39, 0.29) is 24.2 Å². The Hall–Kier alpha value is -1.53. The highest BCUT2D eigenvalue weighted by molar-refractivity contribution is 5.74. The molecule has 0 bridgehead atoms. The highest BCUT2D eigenvalue weighted by Gasteiger charge is 2.28. The average molecular weight is 312 g/mol. The first-order valence-corrected chi connectivity index (χ1v) is 7.44. The van der Waals surface area contributed by atoms with E-state index in [4.69, 9.17) is 9.15 Å². The van der Waals surface area contributed by atoms with Crippen LogP contribution in [0.15, 0.2) is 16.5 Å². The lowest BCUT2D eigenvalue weighted by Crippen LogP contribution is -2.47. The van der Waals surface area contributed by atoms with Crippen molar-refractivity contribution in [2.45, 2.75) is 58.3 Å². The molecule has 1 heterocycles. The van der Waals surface area contributed by atoms with Crippen molar-refractivity contribution in [3.05, 3.63) is 23.7 Å². The van der Waals surface area contributed by atoms with E-state index >= 15 is 0 Å². The maximum absolute atomic E-state index is 11.9. The predicted octanol–water partition coefficient (Wildman–Crippen LogP) is 2.30. The van der Waals surface area contributed by atoms with Crippen molar-refractivity contribution in [3.8, 4) is 0 Å². The zero-order valence-corrected chi connectivity index (χ0v) is 14.3. The molecule has 0 fully saturated rings. The second-order valence-electron chi connectivity index (χ2n) is 6.58. The second-order valence-corrected chi connectivity index (χ2v) is 6.58. The maximum atomic E-state index is 11.9. The molecule has 0 radical (unpaired) electrons. The fourth-order valence-corrected chi connectivity index (χ4v) is 2.21. The van der Waals surface area contributed by atoms with E-state index in [9.17, 15) is 9.90 Å². The molecule has 1 aromatic rings. The number of carbonyl (C=O) groups excluding carboxylic acids is 1. The first-order chi connectivity index (χ1) is 10.1.